The molecule has 4 N–H and O–H groups in total. The van der Waals surface area contributed by atoms with Crippen LogP contribution in [0.1, 0.15) is 52.7 Å². The molecule has 0 fully saturated rings. The largest absolute Gasteiger partial charge is 0.481 e. The van der Waals surface area contributed by atoms with E-state index in [2.05, 4.69) is 10.6 Å². The van der Waals surface area contributed by atoms with Crippen LogP contribution >= 0.6 is 11.6 Å². The number of carbonyl (C=O) groups is 3. The van der Waals surface area contributed by atoms with E-state index in [-0.39, 0.29) is 24.9 Å². The van der Waals surface area contributed by atoms with Crippen molar-refractivity contribution in [2.24, 2.45) is 0 Å². The maximum atomic E-state index is 14.3. The van der Waals surface area contributed by atoms with Gasteiger partial charge in [0.05, 0.1) is 35.5 Å². The van der Waals surface area contributed by atoms with Gasteiger partial charge in [-0.3, -0.25) is 14.4 Å². The molecule has 12 heteroatoms. The lowest BCUT2D eigenvalue weighted by molar-refractivity contribution is -0.143. The van der Waals surface area contributed by atoms with Crippen molar-refractivity contribution in [3.63, 3.8) is 0 Å². The molecule has 1 aliphatic heterocycles. The van der Waals surface area contributed by atoms with Crippen molar-refractivity contribution in [2.75, 3.05) is 18.4 Å². The number of ketones is 1. The van der Waals surface area contributed by atoms with Crippen molar-refractivity contribution < 1.29 is 42.2 Å². The Morgan fingerprint density at radius 1 is 0.973 bits per heavy atom. The molecule has 3 rings (SSSR count). The molecule has 0 amide bonds. The molecular weight excluding hydrogens is 520 g/mol. The molecule has 202 valence electrons. The molecule has 0 saturated heterocycles. The second-order valence-electron chi connectivity index (χ2n) is 8.30. The van der Waals surface area contributed by atoms with Crippen LogP contribution in [0.4, 0.5) is 23.2 Å². The third kappa shape index (κ3) is 10.4. The number of anilines is 1. The zero-order chi connectivity index (χ0) is 27.6. The van der Waals surface area contributed by atoms with Crippen LogP contribution in [0.5, 0.6) is 0 Å². The standard InChI is InChI=1S/C21H21ClF4N2O.C4H6O4/c22-17-4-2-14-6-9-27-10-7-15(14)20(17)28-12-13-1-3-16(18(23)11-13)19(29)5-8-21(24,25)26;5-3(6)1-2-4(7)8/h1-4,11,27-28H,5-10,12H2;1-2H2,(H,5,6)(H,7,8). The number of Topliss-reactive ketones (excluding diaryl/α,β-unsaturated/α-hetero) is 1. The van der Waals surface area contributed by atoms with Crippen LogP contribution in [-0.2, 0) is 29.0 Å². The first kappa shape index (κ1) is 30.0. The highest BCUT2D eigenvalue weighted by atomic mass is 35.5. The predicted molar refractivity (Wildman–Crippen MR) is 130 cm³/mol. The summed E-state index contributed by atoms with van der Waals surface area (Å²) in [5.74, 6) is -3.83. The first-order valence-electron chi connectivity index (χ1n) is 11.4. The van der Waals surface area contributed by atoms with Crippen LogP contribution < -0.4 is 10.6 Å². The number of fused-ring (bicyclic) bond motifs is 1. The van der Waals surface area contributed by atoms with Crippen molar-refractivity contribution in [3.8, 4) is 0 Å². The maximum absolute atomic E-state index is 14.3. The molecule has 0 atom stereocenters. The second-order valence-corrected chi connectivity index (χ2v) is 8.71. The van der Waals surface area contributed by atoms with Crippen molar-refractivity contribution in [2.45, 2.75) is 51.2 Å². The molecule has 0 bridgehead atoms. The minimum absolute atomic E-state index is 0.275. The van der Waals surface area contributed by atoms with Gasteiger partial charge in [0, 0.05) is 13.0 Å². The Bertz CT molecular complexity index is 1110. The number of benzene rings is 2. The van der Waals surface area contributed by atoms with Gasteiger partial charge < -0.3 is 20.8 Å². The molecule has 0 aliphatic carbocycles. The van der Waals surface area contributed by atoms with E-state index in [1.807, 2.05) is 12.1 Å². The fourth-order valence-electron chi connectivity index (χ4n) is 3.62. The highest BCUT2D eigenvalue weighted by Gasteiger charge is 2.28. The molecule has 1 aliphatic rings. The highest BCUT2D eigenvalue weighted by Crippen LogP contribution is 2.31. The van der Waals surface area contributed by atoms with Crippen LogP contribution in [0.2, 0.25) is 5.02 Å². The molecule has 0 unspecified atom stereocenters. The molecule has 0 saturated carbocycles. The Morgan fingerprint density at radius 2 is 1.62 bits per heavy atom. The van der Waals surface area contributed by atoms with Gasteiger partial charge in [-0.2, -0.15) is 13.2 Å². The summed E-state index contributed by atoms with van der Waals surface area (Å²) in [5.41, 5.74) is 3.38. The van der Waals surface area contributed by atoms with E-state index in [9.17, 15) is 31.9 Å². The highest BCUT2D eigenvalue weighted by molar-refractivity contribution is 6.33. The van der Waals surface area contributed by atoms with Gasteiger partial charge in [-0.15, -0.1) is 0 Å². The number of carboxylic acids is 2. The van der Waals surface area contributed by atoms with E-state index in [1.54, 1.807) is 0 Å². The van der Waals surface area contributed by atoms with E-state index in [4.69, 9.17) is 21.8 Å². The van der Waals surface area contributed by atoms with Gasteiger partial charge in [0.15, 0.2) is 5.78 Å². The molecule has 0 spiro atoms. The summed E-state index contributed by atoms with van der Waals surface area (Å²) < 4.78 is 51.1. The van der Waals surface area contributed by atoms with Gasteiger partial charge in [0.1, 0.15) is 5.82 Å². The lowest BCUT2D eigenvalue weighted by Crippen LogP contribution is -2.16. The fraction of sp³-hybridized carbons (Fsp3) is 0.400. The summed E-state index contributed by atoms with van der Waals surface area (Å²) in [5, 5.41) is 23.0. The van der Waals surface area contributed by atoms with E-state index in [1.165, 1.54) is 23.8 Å². The first-order valence-corrected chi connectivity index (χ1v) is 11.8. The van der Waals surface area contributed by atoms with Gasteiger partial charge in [-0.1, -0.05) is 23.7 Å². The average molecular weight is 547 g/mol. The van der Waals surface area contributed by atoms with E-state index in [0.29, 0.717) is 10.6 Å². The normalized spacial score (nSPS) is 13.0. The van der Waals surface area contributed by atoms with Gasteiger partial charge in [0.25, 0.3) is 0 Å². The van der Waals surface area contributed by atoms with Crippen molar-refractivity contribution >= 4 is 35.0 Å². The first-order chi connectivity index (χ1) is 17.4. The number of halogens is 5. The Kier molecular flexibility index (Phi) is 11.3. The SMILES string of the molecule is O=C(CCC(F)(F)F)c1ccc(CNc2c(Cl)ccc3c2CCNCC3)cc1F.O=C(O)CCC(=O)O. The van der Waals surface area contributed by atoms with E-state index < -0.39 is 42.6 Å². The van der Waals surface area contributed by atoms with Crippen LogP contribution in [-0.4, -0.2) is 47.2 Å². The van der Waals surface area contributed by atoms with Crippen molar-refractivity contribution in [1.82, 2.24) is 5.32 Å². The lowest BCUT2D eigenvalue weighted by Gasteiger charge is -2.16. The van der Waals surface area contributed by atoms with Crippen LogP contribution in [0.15, 0.2) is 30.3 Å². The van der Waals surface area contributed by atoms with Crippen LogP contribution in [0.3, 0.4) is 0 Å². The van der Waals surface area contributed by atoms with Crippen molar-refractivity contribution in [1.29, 1.82) is 0 Å². The fourth-order valence-corrected chi connectivity index (χ4v) is 3.87. The van der Waals surface area contributed by atoms with Gasteiger partial charge in [-0.25, -0.2) is 4.39 Å². The average Bonchev–Trinajstić information content (AvgIpc) is 3.06. The third-order valence-corrected chi connectivity index (χ3v) is 5.79. The molecule has 2 aromatic carbocycles. The van der Waals surface area contributed by atoms with E-state index >= 15 is 0 Å². The summed E-state index contributed by atoms with van der Waals surface area (Å²) in [6.07, 6.45) is -5.36. The summed E-state index contributed by atoms with van der Waals surface area (Å²) >= 11 is 6.36. The summed E-state index contributed by atoms with van der Waals surface area (Å²) in [4.78, 5) is 31.1. The maximum Gasteiger partial charge on any atom is 0.389 e. The van der Waals surface area contributed by atoms with Crippen LogP contribution in [0.25, 0.3) is 0 Å². The van der Waals surface area contributed by atoms with Crippen molar-refractivity contribution in [3.05, 3.63) is 63.4 Å². The topological polar surface area (TPSA) is 116 Å². The summed E-state index contributed by atoms with van der Waals surface area (Å²) in [6, 6.07) is 7.79. The molecule has 7 nitrogen and oxygen atoms in total. The van der Waals surface area contributed by atoms with Crippen LogP contribution in [0, 0.1) is 5.82 Å². The molecule has 1 heterocycles. The van der Waals surface area contributed by atoms with E-state index in [0.717, 1.165) is 37.2 Å². The number of hydrogen-bond acceptors (Lipinski definition) is 5. The minimum atomic E-state index is -4.45. The minimum Gasteiger partial charge on any atom is -0.481 e. The second kappa shape index (κ2) is 13.9. The predicted octanol–water partition coefficient (Wildman–Crippen LogP) is 5.24. The quantitative estimate of drug-likeness (QED) is 0.251. The smallest absolute Gasteiger partial charge is 0.389 e. The number of rotatable bonds is 9. The monoisotopic (exact) mass is 546 g/mol. The van der Waals surface area contributed by atoms with Gasteiger partial charge in [-0.05, 0) is 60.8 Å². The summed E-state index contributed by atoms with van der Waals surface area (Å²) in [6.45, 7) is 2.01. The molecule has 2 aromatic rings. The number of hydrogen-bond donors (Lipinski definition) is 4. The Balaban J connectivity index is 0.000000521. The molecule has 37 heavy (non-hydrogen) atoms. The number of carbonyl (C=O) groups excluding carboxylic acids is 1. The molecule has 0 radical (unpaired) electrons. The number of carboxylic acid groups (broad SMARTS) is 2. The number of nitrogens with one attached hydrogen (secondary N) is 2. The number of alkyl halides is 3. The third-order valence-electron chi connectivity index (χ3n) is 5.47. The number of aliphatic carboxylic acids is 2. The zero-order valence-electron chi connectivity index (χ0n) is 19.8. The summed E-state index contributed by atoms with van der Waals surface area (Å²) in [7, 11) is 0. The Labute approximate surface area is 215 Å². The Hall–Kier alpha value is -3.18. The van der Waals surface area contributed by atoms with Gasteiger partial charge >= 0.3 is 18.1 Å². The lowest BCUT2D eigenvalue weighted by atomic mass is 10.0. The molecular formula is C25H27ClF4N2O5. The Morgan fingerprint density at radius 3 is 2.22 bits per heavy atom. The molecule has 0 aromatic heterocycles. The van der Waals surface area contributed by atoms with Gasteiger partial charge in [0.2, 0.25) is 0 Å². The zero-order valence-corrected chi connectivity index (χ0v) is 20.5.